The number of esters is 1. The molecule has 0 aromatic carbocycles. The lowest BCUT2D eigenvalue weighted by molar-refractivity contribution is -0.196. The van der Waals surface area contributed by atoms with Gasteiger partial charge in [0.2, 0.25) is 5.78 Å². The summed E-state index contributed by atoms with van der Waals surface area (Å²) in [4.78, 5) is 25.6. The van der Waals surface area contributed by atoms with Crippen LogP contribution in [0.1, 0.15) is 68.3 Å². The predicted molar refractivity (Wildman–Crippen MR) is 87.0 cm³/mol. The van der Waals surface area contributed by atoms with Gasteiger partial charge in [0, 0.05) is 5.56 Å². The van der Waals surface area contributed by atoms with Crippen molar-refractivity contribution in [2.45, 2.75) is 70.9 Å². The first-order valence-corrected chi connectivity index (χ1v) is 8.81. The topological polar surface area (TPSA) is 89.3 Å². The van der Waals surface area contributed by atoms with Crippen LogP contribution < -0.4 is 0 Å². The molecule has 1 aromatic rings. The molecule has 0 amide bonds. The summed E-state index contributed by atoms with van der Waals surface area (Å²) in [6.07, 6.45) is 1.50. The highest BCUT2D eigenvalue weighted by molar-refractivity contribution is 6.06. The molecule has 2 aliphatic carbocycles. The van der Waals surface area contributed by atoms with Gasteiger partial charge in [-0.2, -0.15) is 0 Å². The average molecular weight is 348 g/mol. The third kappa shape index (κ3) is 1.77. The molecule has 1 saturated carbocycles. The summed E-state index contributed by atoms with van der Waals surface area (Å²) >= 11 is 0. The lowest BCUT2D eigenvalue weighted by Gasteiger charge is -2.54. The van der Waals surface area contributed by atoms with E-state index in [1.54, 1.807) is 27.7 Å². The largest absolute Gasteiger partial charge is 0.460 e. The number of ether oxygens (including phenoxy) is 2. The number of ketones is 1. The van der Waals surface area contributed by atoms with Crippen molar-refractivity contribution in [3.63, 3.8) is 0 Å². The third-order valence-corrected chi connectivity index (χ3v) is 6.57. The highest BCUT2D eigenvalue weighted by Crippen LogP contribution is 2.70. The van der Waals surface area contributed by atoms with Crippen LogP contribution in [0.5, 0.6) is 0 Å². The van der Waals surface area contributed by atoms with Gasteiger partial charge in [-0.15, -0.1) is 0 Å². The second kappa shape index (κ2) is 4.74. The van der Waals surface area contributed by atoms with E-state index < -0.39 is 22.7 Å². The molecule has 6 nitrogen and oxygen atoms in total. The fourth-order valence-electron chi connectivity index (χ4n) is 4.74. The van der Waals surface area contributed by atoms with Gasteiger partial charge in [0.1, 0.15) is 6.10 Å². The molecule has 1 spiro atoms. The van der Waals surface area contributed by atoms with Crippen LogP contribution in [0.2, 0.25) is 0 Å². The molecule has 6 heteroatoms. The number of rotatable bonds is 2. The fraction of sp³-hybridized carbons (Fsp3) is 0.684. The quantitative estimate of drug-likeness (QED) is 0.653. The number of carbonyl (C=O) groups excluding carboxylic acids is 2. The summed E-state index contributed by atoms with van der Waals surface area (Å²) in [5.74, 6) is -0.755. The Morgan fingerprint density at radius 1 is 1.40 bits per heavy atom. The van der Waals surface area contributed by atoms with Gasteiger partial charge < -0.3 is 19.0 Å². The number of furan rings is 1. The molecule has 1 saturated heterocycles. The third-order valence-electron chi connectivity index (χ3n) is 6.57. The summed E-state index contributed by atoms with van der Waals surface area (Å²) in [7, 11) is 0. The number of carbonyl (C=O) groups is 2. The van der Waals surface area contributed by atoms with E-state index in [0.29, 0.717) is 18.4 Å². The summed E-state index contributed by atoms with van der Waals surface area (Å²) in [5, 5.41) is 11.3. The number of aryl methyl sites for hydroxylation is 1. The second-order valence-corrected chi connectivity index (χ2v) is 8.32. The maximum Gasteiger partial charge on any atom is 0.309 e. The minimum Gasteiger partial charge on any atom is -0.460 e. The van der Waals surface area contributed by atoms with Crippen molar-refractivity contribution in [2.75, 3.05) is 0 Å². The SMILES string of the molecule is Cc1coc2c1C(OC(=O)C(C)C)C1(C)C(C)(O)CCC3OC31C2=O. The molecule has 1 aliphatic heterocycles. The van der Waals surface area contributed by atoms with Crippen molar-refractivity contribution in [3.8, 4) is 0 Å². The van der Waals surface area contributed by atoms with E-state index in [1.807, 2.05) is 6.92 Å². The predicted octanol–water partition coefficient (Wildman–Crippen LogP) is 2.71. The van der Waals surface area contributed by atoms with Crippen LogP contribution in [0.4, 0.5) is 0 Å². The molecule has 1 aromatic heterocycles. The molecule has 2 fully saturated rings. The average Bonchev–Trinajstić information content (AvgIpc) is 3.17. The Hall–Kier alpha value is -1.66. The monoisotopic (exact) mass is 348 g/mol. The maximum atomic E-state index is 13.2. The van der Waals surface area contributed by atoms with Gasteiger partial charge in [0.05, 0.1) is 29.3 Å². The molecule has 25 heavy (non-hydrogen) atoms. The van der Waals surface area contributed by atoms with E-state index in [-0.39, 0.29) is 29.5 Å². The van der Waals surface area contributed by atoms with Crippen molar-refractivity contribution in [1.29, 1.82) is 0 Å². The molecule has 5 atom stereocenters. The number of epoxide rings is 1. The number of Topliss-reactive ketones (excluding diaryl/α,β-unsaturated/α-hetero) is 1. The first-order valence-electron chi connectivity index (χ1n) is 8.81. The smallest absolute Gasteiger partial charge is 0.309 e. The Bertz CT molecular complexity index is 775. The maximum absolute atomic E-state index is 13.2. The van der Waals surface area contributed by atoms with Gasteiger partial charge in [0.15, 0.2) is 11.4 Å². The number of hydrogen-bond donors (Lipinski definition) is 1. The van der Waals surface area contributed by atoms with Crippen LogP contribution in [0, 0.1) is 18.3 Å². The van der Waals surface area contributed by atoms with Crippen LogP contribution in [-0.2, 0) is 14.3 Å². The molecular formula is C19H24O6. The molecule has 136 valence electrons. The van der Waals surface area contributed by atoms with E-state index in [0.717, 1.165) is 5.56 Å². The Morgan fingerprint density at radius 3 is 2.72 bits per heavy atom. The van der Waals surface area contributed by atoms with E-state index in [9.17, 15) is 14.7 Å². The fourth-order valence-corrected chi connectivity index (χ4v) is 4.74. The van der Waals surface area contributed by atoms with Gasteiger partial charge in [0.25, 0.3) is 0 Å². The zero-order valence-electron chi connectivity index (χ0n) is 15.2. The minimum absolute atomic E-state index is 0.191. The lowest BCUT2D eigenvalue weighted by Crippen LogP contribution is -2.65. The highest BCUT2D eigenvalue weighted by Gasteiger charge is 2.83. The molecule has 1 N–H and O–H groups in total. The summed E-state index contributed by atoms with van der Waals surface area (Å²) in [5.41, 5.74) is -2.19. The van der Waals surface area contributed by atoms with Gasteiger partial charge in [-0.25, -0.2) is 0 Å². The Labute approximate surface area is 146 Å². The van der Waals surface area contributed by atoms with E-state index in [1.165, 1.54) is 6.26 Å². The van der Waals surface area contributed by atoms with Crippen molar-refractivity contribution >= 4 is 11.8 Å². The molecule has 0 bridgehead atoms. The molecule has 5 unspecified atom stereocenters. The number of hydrogen-bond acceptors (Lipinski definition) is 6. The Balaban J connectivity index is 1.95. The standard InChI is InChI=1S/C19H24O6/c1-9(2)16(21)24-15-12-10(3)8-23-13(12)14(20)19-11(25-19)6-7-17(4,22)18(15,19)5/h8-9,11,15,22H,6-7H2,1-5H3. The van der Waals surface area contributed by atoms with Crippen molar-refractivity contribution in [3.05, 3.63) is 23.2 Å². The lowest BCUT2D eigenvalue weighted by atomic mass is 9.51. The van der Waals surface area contributed by atoms with Crippen molar-refractivity contribution < 1.29 is 28.6 Å². The van der Waals surface area contributed by atoms with Crippen LogP contribution in [-0.4, -0.2) is 34.2 Å². The van der Waals surface area contributed by atoms with Crippen molar-refractivity contribution in [2.24, 2.45) is 11.3 Å². The summed E-state index contributed by atoms with van der Waals surface area (Å²) in [6.45, 7) is 8.84. The normalized spacial score (nSPS) is 41.8. The zero-order valence-corrected chi connectivity index (χ0v) is 15.2. The van der Waals surface area contributed by atoms with Crippen LogP contribution >= 0.6 is 0 Å². The van der Waals surface area contributed by atoms with Crippen LogP contribution in [0.25, 0.3) is 0 Å². The molecule has 0 radical (unpaired) electrons. The van der Waals surface area contributed by atoms with E-state index in [4.69, 9.17) is 13.9 Å². The van der Waals surface area contributed by atoms with Gasteiger partial charge in [-0.1, -0.05) is 13.8 Å². The minimum atomic E-state index is -1.22. The zero-order chi connectivity index (χ0) is 18.4. The first-order chi connectivity index (χ1) is 11.6. The van der Waals surface area contributed by atoms with Gasteiger partial charge in [-0.05, 0) is 39.2 Å². The van der Waals surface area contributed by atoms with E-state index in [2.05, 4.69) is 0 Å². The molecule has 2 heterocycles. The molecular weight excluding hydrogens is 324 g/mol. The Morgan fingerprint density at radius 2 is 2.08 bits per heavy atom. The van der Waals surface area contributed by atoms with Crippen molar-refractivity contribution in [1.82, 2.24) is 0 Å². The molecule has 4 rings (SSSR count). The number of fused-ring (bicyclic) bond motifs is 1. The molecule has 3 aliphatic rings. The first kappa shape index (κ1) is 16.8. The van der Waals surface area contributed by atoms with Gasteiger partial charge >= 0.3 is 5.97 Å². The van der Waals surface area contributed by atoms with Crippen LogP contribution in [0.3, 0.4) is 0 Å². The van der Waals surface area contributed by atoms with Gasteiger partial charge in [-0.3, -0.25) is 9.59 Å². The Kier molecular flexibility index (Phi) is 3.18. The summed E-state index contributed by atoms with van der Waals surface area (Å²) in [6, 6.07) is 0. The van der Waals surface area contributed by atoms with E-state index >= 15 is 0 Å². The van der Waals surface area contributed by atoms with Crippen LogP contribution in [0.15, 0.2) is 10.7 Å². The second-order valence-electron chi connectivity index (χ2n) is 8.32. The number of aliphatic hydroxyl groups is 1. The summed E-state index contributed by atoms with van der Waals surface area (Å²) < 4.78 is 17.3. The highest BCUT2D eigenvalue weighted by atomic mass is 16.6.